The van der Waals surface area contributed by atoms with Crippen LogP contribution in [0.2, 0.25) is 0 Å². The molecule has 1 aromatic rings. The van der Waals surface area contributed by atoms with E-state index in [0.29, 0.717) is 11.9 Å². The van der Waals surface area contributed by atoms with Crippen molar-refractivity contribution in [2.45, 2.75) is 58.4 Å². The predicted molar refractivity (Wildman–Crippen MR) is 104 cm³/mol. The fourth-order valence-corrected chi connectivity index (χ4v) is 3.76. The van der Waals surface area contributed by atoms with Gasteiger partial charge in [-0.3, -0.25) is 4.79 Å². The zero-order valence-electron chi connectivity index (χ0n) is 15.1. The lowest BCUT2D eigenvalue weighted by molar-refractivity contribution is -0.133. The summed E-state index contributed by atoms with van der Waals surface area (Å²) in [6.45, 7) is 8.68. The van der Waals surface area contributed by atoms with E-state index >= 15 is 0 Å². The standard InChI is InChI=1S/C20H31BrN2O/c1-3-22(17(2)16-18-9-11-19(21)12-10-18)13-6-7-15-23-14-5-4-8-20(23)24/h9-12,17H,3-8,13-16H2,1-2H3. The van der Waals surface area contributed by atoms with Crippen LogP contribution < -0.4 is 0 Å². The quantitative estimate of drug-likeness (QED) is 0.575. The van der Waals surface area contributed by atoms with Crippen molar-refractivity contribution in [3.8, 4) is 0 Å². The number of carbonyl (C=O) groups excluding carboxylic acids is 1. The molecule has 1 atom stereocenters. The van der Waals surface area contributed by atoms with Crippen molar-refractivity contribution in [3.05, 3.63) is 34.3 Å². The van der Waals surface area contributed by atoms with Crippen LogP contribution in [-0.4, -0.2) is 47.9 Å². The molecule has 4 heteroatoms. The second-order valence-corrected chi connectivity index (χ2v) is 7.77. The lowest BCUT2D eigenvalue weighted by atomic mass is 10.1. The number of halogens is 1. The van der Waals surface area contributed by atoms with E-state index in [9.17, 15) is 4.79 Å². The van der Waals surface area contributed by atoms with E-state index in [4.69, 9.17) is 0 Å². The third-order valence-corrected chi connectivity index (χ3v) is 5.55. The number of likely N-dealkylation sites (N-methyl/N-ethyl adjacent to an activating group) is 1. The average molecular weight is 395 g/mol. The first-order chi connectivity index (χ1) is 11.6. The smallest absolute Gasteiger partial charge is 0.222 e. The van der Waals surface area contributed by atoms with Crippen LogP contribution >= 0.6 is 15.9 Å². The molecule has 1 amide bonds. The number of benzene rings is 1. The zero-order chi connectivity index (χ0) is 17.4. The van der Waals surface area contributed by atoms with E-state index in [1.54, 1.807) is 0 Å². The molecule has 24 heavy (non-hydrogen) atoms. The molecule has 1 aliphatic heterocycles. The first-order valence-corrected chi connectivity index (χ1v) is 10.2. The maximum atomic E-state index is 11.8. The molecular weight excluding hydrogens is 364 g/mol. The molecule has 0 N–H and O–H groups in total. The SMILES string of the molecule is CCN(CCCCN1CCCCC1=O)C(C)Cc1ccc(Br)cc1. The summed E-state index contributed by atoms with van der Waals surface area (Å²) in [5, 5.41) is 0. The number of piperidine rings is 1. The van der Waals surface area contributed by atoms with Crippen LogP contribution in [0.1, 0.15) is 51.5 Å². The van der Waals surface area contributed by atoms with Gasteiger partial charge in [0.1, 0.15) is 0 Å². The van der Waals surface area contributed by atoms with Crippen LogP contribution in [0, 0.1) is 0 Å². The number of hydrogen-bond acceptors (Lipinski definition) is 2. The molecule has 0 saturated carbocycles. The van der Waals surface area contributed by atoms with Crippen molar-refractivity contribution in [2.24, 2.45) is 0 Å². The highest BCUT2D eigenvalue weighted by Gasteiger charge is 2.17. The summed E-state index contributed by atoms with van der Waals surface area (Å²) in [6.07, 6.45) is 6.39. The first kappa shape index (κ1) is 19.5. The first-order valence-electron chi connectivity index (χ1n) is 9.36. The Kier molecular flexibility index (Phi) is 8.26. The summed E-state index contributed by atoms with van der Waals surface area (Å²) in [5.41, 5.74) is 1.39. The summed E-state index contributed by atoms with van der Waals surface area (Å²) >= 11 is 3.49. The Morgan fingerprint density at radius 2 is 1.96 bits per heavy atom. The molecule has 1 heterocycles. The van der Waals surface area contributed by atoms with Gasteiger partial charge in [0.15, 0.2) is 0 Å². The van der Waals surface area contributed by atoms with E-state index in [1.807, 2.05) is 0 Å². The Balaban J connectivity index is 1.70. The maximum absolute atomic E-state index is 11.8. The van der Waals surface area contributed by atoms with E-state index < -0.39 is 0 Å². The minimum absolute atomic E-state index is 0.359. The normalized spacial score (nSPS) is 16.7. The van der Waals surface area contributed by atoms with Crippen molar-refractivity contribution in [1.82, 2.24) is 9.80 Å². The second-order valence-electron chi connectivity index (χ2n) is 6.85. The highest BCUT2D eigenvalue weighted by atomic mass is 79.9. The zero-order valence-corrected chi connectivity index (χ0v) is 16.7. The highest BCUT2D eigenvalue weighted by molar-refractivity contribution is 9.10. The molecule has 1 saturated heterocycles. The molecule has 134 valence electrons. The van der Waals surface area contributed by atoms with Crippen molar-refractivity contribution < 1.29 is 4.79 Å². The number of nitrogens with zero attached hydrogens (tertiary/aromatic N) is 2. The van der Waals surface area contributed by atoms with Gasteiger partial charge in [0.25, 0.3) is 0 Å². The fraction of sp³-hybridized carbons (Fsp3) is 0.650. The van der Waals surface area contributed by atoms with Crippen LogP contribution in [0.5, 0.6) is 0 Å². The van der Waals surface area contributed by atoms with Gasteiger partial charge >= 0.3 is 0 Å². The summed E-state index contributed by atoms with van der Waals surface area (Å²) < 4.78 is 1.14. The van der Waals surface area contributed by atoms with Crippen molar-refractivity contribution in [1.29, 1.82) is 0 Å². The Hall–Kier alpha value is -0.870. The number of amides is 1. The van der Waals surface area contributed by atoms with E-state index in [-0.39, 0.29) is 0 Å². The molecule has 2 rings (SSSR count). The van der Waals surface area contributed by atoms with Crippen LogP contribution in [0.3, 0.4) is 0 Å². The highest BCUT2D eigenvalue weighted by Crippen LogP contribution is 2.15. The minimum atomic E-state index is 0.359. The Labute approximate surface area is 155 Å². The molecular formula is C20H31BrN2O. The van der Waals surface area contributed by atoms with Gasteiger partial charge in [0.05, 0.1) is 0 Å². The van der Waals surface area contributed by atoms with Gasteiger partial charge in [-0.2, -0.15) is 0 Å². The monoisotopic (exact) mass is 394 g/mol. The molecule has 1 aromatic carbocycles. The number of hydrogen-bond donors (Lipinski definition) is 0. The van der Waals surface area contributed by atoms with Crippen LogP contribution in [0.15, 0.2) is 28.7 Å². The van der Waals surface area contributed by atoms with Gasteiger partial charge in [0.2, 0.25) is 5.91 Å². The minimum Gasteiger partial charge on any atom is -0.343 e. The van der Waals surface area contributed by atoms with E-state index in [1.165, 1.54) is 18.4 Å². The number of carbonyl (C=O) groups is 1. The van der Waals surface area contributed by atoms with Crippen molar-refractivity contribution in [3.63, 3.8) is 0 Å². The summed E-state index contributed by atoms with van der Waals surface area (Å²) in [5.74, 6) is 0.359. The van der Waals surface area contributed by atoms with Gasteiger partial charge in [-0.25, -0.2) is 0 Å². The van der Waals surface area contributed by atoms with E-state index in [0.717, 1.165) is 56.3 Å². The summed E-state index contributed by atoms with van der Waals surface area (Å²) in [7, 11) is 0. The molecule has 0 radical (unpaired) electrons. The van der Waals surface area contributed by atoms with E-state index in [2.05, 4.69) is 63.8 Å². The van der Waals surface area contributed by atoms with Gasteiger partial charge in [0, 0.05) is 30.0 Å². The lowest BCUT2D eigenvalue weighted by Crippen LogP contribution is -2.37. The van der Waals surface area contributed by atoms with Crippen molar-refractivity contribution >= 4 is 21.8 Å². The molecule has 0 bridgehead atoms. The van der Waals surface area contributed by atoms with Crippen LogP contribution in [0.4, 0.5) is 0 Å². The second kappa shape index (κ2) is 10.2. The molecule has 0 spiro atoms. The summed E-state index contributed by atoms with van der Waals surface area (Å²) in [6, 6.07) is 9.20. The lowest BCUT2D eigenvalue weighted by Gasteiger charge is -2.29. The molecule has 1 aliphatic rings. The van der Waals surface area contributed by atoms with Gasteiger partial charge in [-0.15, -0.1) is 0 Å². The van der Waals surface area contributed by atoms with Crippen LogP contribution in [0.25, 0.3) is 0 Å². The topological polar surface area (TPSA) is 23.6 Å². The Bertz CT molecular complexity index is 503. The van der Waals surface area contributed by atoms with Gasteiger partial charge < -0.3 is 9.80 Å². The molecule has 0 aromatic heterocycles. The number of unbranched alkanes of at least 4 members (excludes halogenated alkanes) is 1. The summed E-state index contributed by atoms with van der Waals surface area (Å²) in [4.78, 5) is 16.4. The van der Waals surface area contributed by atoms with Gasteiger partial charge in [-0.1, -0.05) is 35.0 Å². The largest absolute Gasteiger partial charge is 0.343 e. The third-order valence-electron chi connectivity index (χ3n) is 5.02. The maximum Gasteiger partial charge on any atom is 0.222 e. The predicted octanol–water partition coefficient (Wildman–Crippen LogP) is 4.49. The van der Waals surface area contributed by atoms with Gasteiger partial charge in [-0.05, 0) is 69.8 Å². The van der Waals surface area contributed by atoms with Crippen molar-refractivity contribution in [2.75, 3.05) is 26.2 Å². The number of rotatable bonds is 9. The Morgan fingerprint density at radius 1 is 1.21 bits per heavy atom. The molecule has 1 unspecified atom stereocenters. The molecule has 0 aliphatic carbocycles. The third kappa shape index (κ3) is 6.21. The number of likely N-dealkylation sites (tertiary alicyclic amines) is 1. The average Bonchev–Trinajstić information content (AvgIpc) is 2.58. The fourth-order valence-electron chi connectivity index (χ4n) is 3.50. The van der Waals surface area contributed by atoms with Crippen LogP contribution in [-0.2, 0) is 11.2 Å². The Morgan fingerprint density at radius 3 is 2.62 bits per heavy atom. The molecule has 3 nitrogen and oxygen atoms in total. The molecule has 1 fully saturated rings.